The van der Waals surface area contributed by atoms with Crippen molar-refractivity contribution >= 4 is 6.09 Å². The fourth-order valence-corrected chi connectivity index (χ4v) is 1.98. The molecule has 0 spiro atoms. The summed E-state index contributed by atoms with van der Waals surface area (Å²) in [5, 5.41) is 6.07. The molecule has 0 aromatic heterocycles. The van der Waals surface area contributed by atoms with Crippen LogP contribution in [0.1, 0.15) is 40.0 Å². The second kappa shape index (κ2) is 8.38. The van der Waals surface area contributed by atoms with E-state index < -0.39 is 5.60 Å². The largest absolute Gasteiger partial charge is 0.444 e. The molecule has 0 unspecified atom stereocenters. The maximum Gasteiger partial charge on any atom is 0.407 e. The van der Waals surface area contributed by atoms with Gasteiger partial charge in [-0.25, -0.2) is 4.79 Å². The molecule has 0 saturated carbocycles. The minimum atomic E-state index is -0.435. The van der Waals surface area contributed by atoms with Gasteiger partial charge in [-0.15, -0.1) is 0 Å². The number of alkyl carbamates (subject to hydrolysis) is 1. The van der Waals surface area contributed by atoms with Crippen LogP contribution in [0.3, 0.4) is 0 Å². The third-order valence-corrected chi connectivity index (χ3v) is 2.95. The van der Waals surface area contributed by atoms with Crippen molar-refractivity contribution in [2.45, 2.75) is 45.6 Å². The van der Waals surface area contributed by atoms with E-state index in [1.54, 1.807) is 0 Å². The maximum atomic E-state index is 11.4. The van der Waals surface area contributed by atoms with E-state index in [1.165, 1.54) is 12.8 Å². The summed E-state index contributed by atoms with van der Waals surface area (Å²) in [7, 11) is 0. The van der Waals surface area contributed by atoms with E-state index in [0.29, 0.717) is 19.1 Å². The summed E-state index contributed by atoms with van der Waals surface area (Å²) >= 11 is 0. The number of hydrogen-bond donors (Lipinski definition) is 2. The molecule has 0 aromatic rings. The van der Waals surface area contributed by atoms with Gasteiger partial charge in [0.25, 0.3) is 0 Å². The predicted octanol–water partition coefficient (Wildman–Crippen LogP) is 1.92. The topological polar surface area (TPSA) is 59.6 Å². The lowest BCUT2D eigenvalue weighted by molar-refractivity contribution is 0.0512. The van der Waals surface area contributed by atoms with E-state index in [-0.39, 0.29) is 6.09 Å². The van der Waals surface area contributed by atoms with Gasteiger partial charge in [0.15, 0.2) is 0 Å². The minimum Gasteiger partial charge on any atom is -0.444 e. The van der Waals surface area contributed by atoms with E-state index in [0.717, 1.165) is 26.1 Å². The molecule has 0 bridgehead atoms. The number of rotatable bonds is 6. The lowest BCUT2D eigenvalue weighted by atomic mass is 9.99. The zero-order valence-corrected chi connectivity index (χ0v) is 12.5. The van der Waals surface area contributed by atoms with Crippen LogP contribution in [-0.4, -0.2) is 44.5 Å². The number of hydrogen-bond acceptors (Lipinski definition) is 4. The van der Waals surface area contributed by atoms with Crippen LogP contribution in [0.4, 0.5) is 4.79 Å². The third-order valence-electron chi connectivity index (χ3n) is 2.95. The Morgan fingerprint density at radius 1 is 1.32 bits per heavy atom. The zero-order chi connectivity index (χ0) is 14.1. The van der Waals surface area contributed by atoms with Gasteiger partial charge in [0.2, 0.25) is 0 Å². The van der Waals surface area contributed by atoms with E-state index in [1.807, 2.05) is 20.8 Å². The lowest BCUT2D eigenvalue weighted by Gasteiger charge is -2.22. The molecule has 1 rings (SSSR count). The van der Waals surface area contributed by atoms with Gasteiger partial charge in [-0.2, -0.15) is 0 Å². The second-order valence-corrected chi connectivity index (χ2v) is 6.05. The highest BCUT2D eigenvalue weighted by atomic mass is 16.6. The number of ether oxygens (including phenoxy) is 2. The summed E-state index contributed by atoms with van der Waals surface area (Å²) in [6, 6.07) is 0. The predicted molar refractivity (Wildman–Crippen MR) is 75.3 cm³/mol. The van der Waals surface area contributed by atoms with Crippen molar-refractivity contribution in [3.8, 4) is 0 Å². The molecule has 112 valence electrons. The first kappa shape index (κ1) is 16.2. The van der Waals surface area contributed by atoms with Gasteiger partial charge in [0, 0.05) is 19.8 Å². The lowest BCUT2D eigenvalue weighted by Crippen LogP contribution is -2.33. The Kier molecular flexibility index (Phi) is 7.16. The van der Waals surface area contributed by atoms with E-state index >= 15 is 0 Å². The molecule has 0 radical (unpaired) electrons. The highest BCUT2D eigenvalue weighted by Crippen LogP contribution is 2.11. The summed E-state index contributed by atoms with van der Waals surface area (Å²) in [6.07, 6.45) is 2.88. The Morgan fingerprint density at radius 2 is 2.00 bits per heavy atom. The first-order valence-corrected chi connectivity index (χ1v) is 7.23. The molecule has 1 fully saturated rings. The Labute approximate surface area is 116 Å². The smallest absolute Gasteiger partial charge is 0.407 e. The van der Waals surface area contributed by atoms with Crippen molar-refractivity contribution in [1.29, 1.82) is 0 Å². The molecule has 1 aliphatic rings. The Hall–Kier alpha value is -0.810. The van der Waals surface area contributed by atoms with Crippen LogP contribution in [0.25, 0.3) is 0 Å². The number of carbonyl (C=O) groups excluding carboxylic acids is 1. The number of piperidine rings is 1. The molecule has 0 aromatic carbocycles. The van der Waals surface area contributed by atoms with Crippen molar-refractivity contribution in [1.82, 2.24) is 10.6 Å². The van der Waals surface area contributed by atoms with Crippen LogP contribution in [-0.2, 0) is 9.47 Å². The van der Waals surface area contributed by atoms with Crippen LogP contribution in [0.5, 0.6) is 0 Å². The number of carbonyl (C=O) groups is 1. The van der Waals surface area contributed by atoms with Crippen molar-refractivity contribution in [2.75, 3.05) is 32.8 Å². The highest BCUT2D eigenvalue weighted by Gasteiger charge is 2.15. The average Bonchev–Trinajstić information content (AvgIpc) is 2.32. The molecule has 1 amide bonds. The summed E-state index contributed by atoms with van der Waals surface area (Å²) in [6.45, 7) is 9.91. The molecular formula is C14H28N2O3. The first-order chi connectivity index (χ1) is 8.97. The van der Waals surface area contributed by atoms with Gasteiger partial charge >= 0.3 is 6.09 Å². The van der Waals surface area contributed by atoms with Gasteiger partial charge in [0.05, 0.1) is 0 Å². The molecule has 5 nitrogen and oxygen atoms in total. The monoisotopic (exact) mass is 272 g/mol. The maximum absolute atomic E-state index is 11.4. The second-order valence-electron chi connectivity index (χ2n) is 6.05. The Bertz CT molecular complexity index is 258. The van der Waals surface area contributed by atoms with Gasteiger partial charge in [0.1, 0.15) is 5.60 Å². The summed E-state index contributed by atoms with van der Waals surface area (Å²) in [5.74, 6) is 0.695. The van der Waals surface area contributed by atoms with E-state index in [9.17, 15) is 4.79 Å². The van der Waals surface area contributed by atoms with Gasteiger partial charge in [-0.05, 0) is 59.0 Å². The van der Waals surface area contributed by atoms with Crippen molar-refractivity contribution in [2.24, 2.45) is 5.92 Å². The normalized spacial score (nSPS) is 17.2. The molecule has 0 aliphatic carbocycles. The number of nitrogens with one attached hydrogen (secondary N) is 2. The minimum absolute atomic E-state index is 0.356. The molecule has 0 atom stereocenters. The van der Waals surface area contributed by atoms with Crippen LogP contribution in [0.2, 0.25) is 0 Å². The fourth-order valence-electron chi connectivity index (χ4n) is 1.98. The highest BCUT2D eigenvalue weighted by molar-refractivity contribution is 5.67. The molecule has 1 heterocycles. The first-order valence-electron chi connectivity index (χ1n) is 7.23. The molecule has 5 heteroatoms. The summed E-state index contributed by atoms with van der Waals surface area (Å²) < 4.78 is 10.8. The molecular weight excluding hydrogens is 244 g/mol. The van der Waals surface area contributed by atoms with Gasteiger partial charge < -0.3 is 20.1 Å². The standard InChI is InChI=1S/C14H28N2O3/c1-14(2,3)19-13(17)16-7-4-10-18-11-12-5-8-15-9-6-12/h12,15H,4-11H2,1-3H3,(H,16,17). The van der Waals surface area contributed by atoms with E-state index in [4.69, 9.17) is 9.47 Å². The van der Waals surface area contributed by atoms with Gasteiger partial charge in [-0.1, -0.05) is 0 Å². The van der Waals surface area contributed by atoms with Crippen molar-refractivity contribution in [3.05, 3.63) is 0 Å². The molecule has 19 heavy (non-hydrogen) atoms. The number of amides is 1. The zero-order valence-electron chi connectivity index (χ0n) is 12.5. The quantitative estimate of drug-likeness (QED) is 0.725. The fraction of sp³-hybridized carbons (Fsp3) is 0.929. The van der Waals surface area contributed by atoms with Crippen LogP contribution in [0, 0.1) is 5.92 Å². The van der Waals surface area contributed by atoms with Crippen LogP contribution < -0.4 is 10.6 Å². The summed E-state index contributed by atoms with van der Waals surface area (Å²) in [5.41, 5.74) is -0.435. The van der Waals surface area contributed by atoms with Crippen molar-refractivity contribution in [3.63, 3.8) is 0 Å². The van der Waals surface area contributed by atoms with Crippen LogP contribution >= 0.6 is 0 Å². The Balaban J connectivity index is 1.92. The van der Waals surface area contributed by atoms with Crippen molar-refractivity contribution < 1.29 is 14.3 Å². The third kappa shape index (κ3) is 8.83. The van der Waals surface area contributed by atoms with Crippen LogP contribution in [0.15, 0.2) is 0 Å². The SMILES string of the molecule is CC(C)(C)OC(=O)NCCCOCC1CCNCC1. The molecule has 1 saturated heterocycles. The average molecular weight is 272 g/mol. The summed E-state index contributed by atoms with van der Waals surface area (Å²) in [4.78, 5) is 11.4. The van der Waals surface area contributed by atoms with E-state index in [2.05, 4.69) is 10.6 Å². The molecule has 2 N–H and O–H groups in total. The van der Waals surface area contributed by atoms with Gasteiger partial charge in [-0.3, -0.25) is 0 Å². The Morgan fingerprint density at radius 3 is 2.63 bits per heavy atom. The molecule has 1 aliphatic heterocycles.